The fourth-order valence-corrected chi connectivity index (χ4v) is 9.57. The normalized spacial score (nSPS) is 12.7. The predicted octanol–water partition coefficient (Wildman–Crippen LogP) is 19.0. The second kappa shape index (κ2) is 57.9. The molecule has 0 saturated heterocycles. The molecule has 0 aromatic carbocycles. The van der Waals surface area contributed by atoms with Gasteiger partial charge in [-0.3, -0.25) is 9.59 Å². The number of amides is 1. The highest BCUT2D eigenvalue weighted by Crippen LogP contribution is 2.18. The zero-order valence-electron chi connectivity index (χ0n) is 45.9. The van der Waals surface area contributed by atoms with E-state index in [2.05, 4.69) is 43.5 Å². The second-order valence-corrected chi connectivity index (χ2v) is 21.1. The maximum Gasteiger partial charge on any atom is 0.305 e. The van der Waals surface area contributed by atoms with Crippen LogP contribution in [-0.4, -0.2) is 47.4 Å². The fourth-order valence-electron chi connectivity index (χ4n) is 9.57. The molecule has 3 N–H and O–H groups in total. The number of unbranched alkanes of at least 4 members (excludes halogenated alkanes) is 43. The van der Waals surface area contributed by atoms with Crippen LogP contribution in [0, 0.1) is 0 Å². The summed E-state index contributed by atoms with van der Waals surface area (Å²) in [4.78, 5) is 24.5. The summed E-state index contributed by atoms with van der Waals surface area (Å²) in [6, 6.07) is -0.549. The Morgan fingerprint density at radius 2 is 0.721 bits per heavy atom. The molecule has 0 aromatic rings. The summed E-state index contributed by atoms with van der Waals surface area (Å²) < 4.78 is 5.46. The van der Waals surface area contributed by atoms with Crippen LogP contribution in [-0.2, 0) is 14.3 Å². The molecule has 68 heavy (non-hydrogen) atoms. The van der Waals surface area contributed by atoms with Crippen molar-refractivity contribution in [3.05, 3.63) is 24.3 Å². The van der Waals surface area contributed by atoms with Crippen LogP contribution in [0.25, 0.3) is 0 Å². The molecule has 0 spiro atoms. The highest BCUT2D eigenvalue weighted by atomic mass is 16.5. The highest BCUT2D eigenvalue weighted by Gasteiger charge is 2.20. The number of carbonyl (C=O) groups is 2. The van der Waals surface area contributed by atoms with Crippen molar-refractivity contribution < 1.29 is 24.5 Å². The lowest BCUT2D eigenvalue weighted by Crippen LogP contribution is -2.45. The zero-order valence-corrected chi connectivity index (χ0v) is 45.9. The van der Waals surface area contributed by atoms with Crippen LogP contribution in [0.2, 0.25) is 0 Å². The molecule has 0 aliphatic heterocycles. The van der Waals surface area contributed by atoms with E-state index < -0.39 is 12.1 Å². The summed E-state index contributed by atoms with van der Waals surface area (Å²) in [6.45, 7) is 4.94. The Morgan fingerprint density at radius 1 is 0.412 bits per heavy atom. The summed E-state index contributed by atoms with van der Waals surface area (Å²) in [7, 11) is 0. The number of hydrogen-bond acceptors (Lipinski definition) is 5. The summed E-state index contributed by atoms with van der Waals surface area (Å²) in [5.74, 6) is -0.0524. The first-order valence-corrected chi connectivity index (χ1v) is 30.6. The average molecular weight is 959 g/mol. The first-order valence-electron chi connectivity index (χ1n) is 30.6. The minimum Gasteiger partial charge on any atom is -0.466 e. The molecule has 402 valence electrons. The number of allylic oxidation sites excluding steroid dienone is 4. The van der Waals surface area contributed by atoms with Crippen LogP contribution in [0.3, 0.4) is 0 Å². The molecule has 0 radical (unpaired) electrons. The van der Waals surface area contributed by atoms with Gasteiger partial charge in [0.2, 0.25) is 5.91 Å². The van der Waals surface area contributed by atoms with Gasteiger partial charge in [-0.1, -0.05) is 289 Å². The van der Waals surface area contributed by atoms with Gasteiger partial charge in [-0.2, -0.15) is 0 Å². The molecule has 1 amide bonds. The van der Waals surface area contributed by atoms with Gasteiger partial charge in [0.25, 0.3) is 0 Å². The van der Waals surface area contributed by atoms with Gasteiger partial charge in [-0.25, -0.2) is 0 Å². The Hall–Kier alpha value is -1.66. The van der Waals surface area contributed by atoms with Gasteiger partial charge in [-0.15, -0.1) is 0 Å². The first kappa shape index (κ1) is 66.3. The number of nitrogens with one attached hydrogen (secondary N) is 1. The molecule has 0 bridgehead atoms. The van der Waals surface area contributed by atoms with E-state index in [1.54, 1.807) is 0 Å². The topological polar surface area (TPSA) is 95.9 Å². The molecule has 0 aliphatic carbocycles. The lowest BCUT2D eigenvalue weighted by Gasteiger charge is -2.22. The van der Waals surface area contributed by atoms with Crippen LogP contribution in [0.15, 0.2) is 24.3 Å². The largest absolute Gasteiger partial charge is 0.466 e. The fraction of sp³-hybridized carbons (Fsp3) is 0.903. The van der Waals surface area contributed by atoms with E-state index in [0.717, 1.165) is 70.6 Å². The standard InChI is InChI=1S/C62H119NO5/c1-3-5-7-9-11-13-15-17-19-23-27-30-34-38-42-46-50-54-60(65)59(58-64)63-61(66)55-51-47-43-39-35-31-28-24-21-20-22-25-29-33-37-41-45-49-53-57-68-62(67)56-52-48-44-40-36-32-26-18-16-14-12-10-8-6-4-2/h25,29,33,37,59-60,64-65H,3-24,26-28,30-32,34-36,38-58H2,1-2H3,(H,63,66)/b29-25-,37-33-. The smallest absolute Gasteiger partial charge is 0.305 e. The maximum atomic E-state index is 12.5. The van der Waals surface area contributed by atoms with Crippen molar-refractivity contribution in [2.45, 2.75) is 347 Å². The molecular weight excluding hydrogens is 839 g/mol. The van der Waals surface area contributed by atoms with Crippen LogP contribution < -0.4 is 5.32 Å². The molecular formula is C62H119NO5. The lowest BCUT2D eigenvalue weighted by molar-refractivity contribution is -0.143. The van der Waals surface area contributed by atoms with Crippen LogP contribution in [0.1, 0.15) is 335 Å². The molecule has 0 fully saturated rings. The van der Waals surface area contributed by atoms with Gasteiger partial charge in [0.1, 0.15) is 0 Å². The number of esters is 1. The van der Waals surface area contributed by atoms with E-state index in [1.165, 1.54) is 231 Å². The third-order valence-electron chi connectivity index (χ3n) is 14.3. The van der Waals surface area contributed by atoms with Crippen LogP contribution in [0.4, 0.5) is 0 Å². The van der Waals surface area contributed by atoms with E-state index in [-0.39, 0.29) is 18.5 Å². The first-order chi connectivity index (χ1) is 33.5. The van der Waals surface area contributed by atoms with Crippen molar-refractivity contribution >= 4 is 11.9 Å². The Balaban J connectivity index is 3.46. The highest BCUT2D eigenvalue weighted by molar-refractivity contribution is 5.76. The molecule has 2 atom stereocenters. The third-order valence-corrected chi connectivity index (χ3v) is 14.3. The molecule has 0 rings (SSSR count). The van der Waals surface area contributed by atoms with Crippen molar-refractivity contribution in [3.8, 4) is 0 Å². The van der Waals surface area contributed by atoms with E-state index in [4.69, 9.17) is 4.74 Å². The van der Waals surface area contributed by atoms with Gasteiger partial charge in [0.05, 0.1) is 25.4 Å². The van der Waals surface area contributed by atoms with Crippen molar-refractivity contribution in [3.63, 3.8) is 0 Å². The van der Waals surface area contributed by atoms with Gasteiger partial charge < -0.3 is 20.3 Å². The molecule has 0 saturated carbocycles. The van der Waals surface area contributed by atoms with Crippen molar-refractivity contribution in [2.75, 3.05) is 13.2 Å². The van der Waals surface area contributed by atoms with Crippen LogP contribution in [0.5, 0.6) is 0 Å². The summed E-state index contributed by atoms with van der Waals surface area (Å²) >= 11 is 0. The third kappa shape index (κ3) is 53.7. The predicted molar refractivity (Wildman–Crippen MR) is 296 cm³/mol. The quantitative estimate of drug-likeness (QED) is 0.0321. The Kier molecular flexibility index (Phi) is 56.5. The molecule has 6 nitrogen and oxygen atoms in total. The van der Waals surface area contributed by atoms with Crippen molar-refractivity contribution in [2.24, 2.45) is 0 Å². The number of rotatable bonds is 57. The van der Waals surface area contributed by atoms with Crippen molar-refractivity contribution in [1.82, 2.24) is 5.32 Å². The molecule has 2 unspecified atom stereocenters. The lowest BCUT2D eigenvalue weighted by atomic mass is 10.0. The zero-order chi connectivity index (χ0) is 49.3. The van der Waals surface area contributed by atoms with Crippen molar-refractivity contribution in [1.29, 1.82) is 0 Å². The molecule has 0 aliphatic rings. The van der Waals surface area contributed by atoms with Gasteiger partial charge in [-0.05, 0) is 57.8 Å². The Bertz CT molecular complexity index is 1060. The average Bonchev–Trinajstić information content (AvgIpc) is 3.34. The number of aliphatic hydroxyl groups is 2. The number of hydrogen-bond donors (Lipinski definition) is 3. The number of aliphatic hydroxyl groups excluding tert-OH is 2. The summed E-state index contributed by atoms with van der Waals surface area (Å²) in [6.07, 6.45) is 70.4. The molecule has 6 heteroatoms. The van der Waals surface area contributed by atoms with Crippen LogP contribution >= 0.6 is 0 Å². The Morgan fingerprint density at radius 3 is 1.09 bits per heavy atom. The van der Waals surface area contributed by atoms with E-state index in [0.29, 0.717) is 25.9 Å². The molecule has 0 heterocycles. The summed E-state index contributed by atoms with van der Waals surface area (Å²) in [5.41, 5.74) is 0. The monoisotopic (exact) mass is 958 g/mol. The SMILES string of the molecule is CCCCCCCCCCCCCCCCCCCC(O)C(CO)NC(=O)CCCCCCCCCCCC/C=C\C=C/CCCCCOC(=O)CCCCCCCCCCCCCCCCC. The molecule has 0 aromatic heterocycles. The van der Waals surface area contributed by atoms with Gasteiger partial charge in [0, 0.05) is 12.8 Å². The second-order valence-electron chi connectivity index (χ2n) is 21.1. The Labute approximate surface area is 424 Å². The van der Waals surface area contributed by atoms with E-state index in [1.807, 2.05) is 0 Å². The van der Waals surface area contributed by atoms with Gasteiger partial charge >= 0.3 is 5.97 Å². The minimum atomic E-state index is -0.671. The van der Waals surface area contributed by atoms with E-state index in [9.17, 15) is 19.8 Å². The maximum absolute atomic E-state index is 12.5. The number of ether oxygens (including phenoxy) is 1. The summed E-state index contributed by atoms with van der Waals surface area (Å²) in [5, 5.41) is 23.3. The number of carbonyl (C=O) groups excluding carboxylic acids is 2. The van der Waals surface area contributed by atoms with Gasteiger partial charge in [0.15, 0.2) is 0 Å². The minimum absolute atomic E-state index is 0.00995. The van der Waals surface area contributed by atoms with E-state index >= 15 is 0 Å².